The molecule has 2 aliphatic heterocycles. The van der Waals surface area contributed by atoms with E-state index < -0.39 is 0 Å². The van der Waals surface area contributed by atoms with E-state index in [-0.39, 0.29) is 5.41 Å². The zero-order valence-electron chi connectivity index (χ0n) is 13.5. The van der Waals surface area contributed by atoms with Crippen LogP contribution in [-0.4, -0.2) is 19.8 Å². The van der Waals surface area contributed by atoms with Gasteiger partial charge in [0.15, 0.2) is 0 Å². The van der Waals surface area contributed by atoms with Crippen molar-refractivity contribution in [2.75, 3.05) is 18.6 Å². The summed E-state index contributed by atoms with van der Waals surface area (Å²) in [6, 6.07) is 14.6. The minimum Gasteiger partial charge on any atom is -0.497 e. The van der Waals surface area contributed by atoms with Gasteiger partial charge in [-0.1, -0.05) is 30.7 Å². The van der Waals surface area contributed by atoms with E-state index in [1.165, 1.54) is 16.8 Å². The van der Waals surface area contributed by atoms with Crippen LogP contribution in [0.25, 0.3) is 0 Å². The highest BCUT2D eigenvalue weighted by atomic mass is 35.5. The molecule has 2 atom stereocenters. The van der Waals surface area contributed by atoms with Crippen LogP contribution in [-0.2, 0) is 12.0 Å². The highest BCUT2D eigenvalue weighted by molar-refractivity contribution is 6.30. The van der Waals surface area contributed by atoms with Crippen molar-refractivity contribution in [1.29, 1.82) is 0 Å². The molecule has 2 unspecified atom stereocenters. The summed E-state index contributed by atoms with van der Waals surface area (Å²) in [6.45, 7) is 4.29. The summed E-state index contributed by atoms with van der Waals surface area (Å²) in [5.41, 5.74) is 4.10. The molecule has 1 fully saturated rings. The van der Waals surface area contributed by atoms with Crippen LogP contribution in [0.4, 0.5) is 5.69 Å². The maximum absolute atomic E-state index is 6.01. The first-order valence-electron chi connectivity index (χ1n) is 8.05. The molecule has 120 valence electrons. The van der Waals surface area contributed by atoms with Gasteiger partial charge in [-0.25, -0.2) is 0 Å². The third-order valence-electron chi connectivity index (χ3n) is 5.29. The number of nitrogens with one attached hydrogen (secondary N) is 1. The summed E-state index contributed by atoms with van der Waals surface area (Å²) in [5.74, 6) is 0.934. The molecule has 2 aromatic carbocycles. The van der Waals surface area contributed by atoms with Crippen LogP contribution in [0.3, 0.4) is 0 Å². The molecule has 4 heteroatoms. The molecule has 0 bridgehead atoms. The predicted molar refractivity (Wildman–Crippen MR) is 94.4 cm³/mol. The topological polar surface area (TPSA) is 24.5 Å². The lowest BCUT2D eigenvalue weighted by Crippen LogP contribution is -2.46. The third-order valence-corrected chi connectivity index (χ3v) is 5.54. The van der Waals surface area contributed by atoms with Crippen molar-refractivity contribution < 1.29 is 4.74 Å². The Balaban J connectivity index is 1.74. The zero-order valence-corrected chi connectivity index (χ0v) is 14.2. The molecule has 0 aliphatic carbocycles. The molecule has 23 heavy (non-hydrogen) atoms. The second-order valence-electron chi connectivity index (χ2n) is 6.66. The predicted octanol–water partition coefficient (Wildman–Crippen LogP) is 3.95. The van der Waals surface area contributed by atoms with Crippen LogP contribution in [0.15, 0.2) is 42.5 Å². The van der Waals surface area contributed by atoms with E-state index in [4.69, 9.17) is 16.3 Å². The van der Waals surface area contributed by atoms with Crippen molar-refractivity contribution in [3.8, 4) is 5.75 Å². The van der Waals surface area contributed by atoms with E-state index in [0.29, 0.717) is 6.17 Å². The number of methoxy groups -OCH3 is 1. The highest BCUT2D eigenvalue weighted by Crippen LogP contribution is 2.50. The maximum Gasteiger partial charge on any atom is 0.119 e. The van der Waals surface area contributed by atoms with Crippen LogP contribution in [0.2, 0.25) is 5.02 Å². The number of ether oxygens (including phenoxy) is 1. The van der Waals surface area contributed by atoms with Crippen LogP contribution >= 0.6 is 11.6 Å². The van der Waals surface area contributed by atoms with Gasteiger partial charge in [-0.15, -0.1) is 0 Å². The van der Waals surface area contributed by atoms with Crippen molar-refractivity contribution in [3.05, 3.63) is 58.6 Å². The molecule has 4 rings (SSSR count). The Morgan fingerprint density at radius 1 is 1.26 bits per heavy atom. The number of hydrogen-bond donors (Lipinski definition) is 1. The fourth-order valence-corrected chi connectivity index (χ4v) is 4.14. The second kappa shape index (κ2) is 5.43. The molecule has 0 saturated carbocycles. The lowest BCUT2D eigenvalue weighted by atomic mass is 9.81. The number of benzene rings is 2. The van der Waals surface area contributed by atoms with Gasteiger partial charge in [0.1, 0.15) is 5.75 Å². The van der Waals surface area contributed by atoms with Crippen LogP contribution < -0.4 is 15.0 Å². The number of nitrogens with zero attached hydrogens (tertiary/aromatic N) is 1. The van der Waals surface area contributed by atoms with Gasteiger partial charge >= 0.3 is 0 Å². The molecule has 0 aromatic heterocycles. The van der Waals surface area contributed by atoms with Crippen LogP contribution in [0, 0.1) is 0 Å². The Kier molecular flexibility index (Phi) is 3.51. The zero-order chi connectivity index (χ0) is 16.0. The summed E-state index contributed by atoms with van der Waals surface area (Å²) >= 11 is 6.01. The fourth-order valence-electron chi connectivity index (χ4n) is 4.02. The number of halogens is 1. The number of rotatable bonds is 3. The van der Waals surface area contributed by atoms with Gasteiger partial charge in [0.2, 0.25) is 0 Å². The molecule has 2 aliphatic rings. The average Bonchev–Trinajstić information content (AvgIpc) is 3.05. The quantitative estimate of drug-likeness (QED) is 0.923. The standard InChI is InChI=1S/C19H21ClN2O/c1-19-9-10-21-18(19)22(12-13-3-5-14(20)6-4-13)17-8-7-15(23-2)11-16(17)19/h3-8,11,18,21H,9-10,12H2,1-2H3. The molecule has 0 radical (unpaired) electrons. The fraction of sp³-hybridized carbons (Fsp3) is 0.368. The first kappa shape index (κ1) is 14.9. The Bertz CT molecular complexity index is 731. The first-order chi connectivity index (χ1) is 11.1. The van der Waals surface area contributed by atoms with Crippen LogP contribution in [0.5, 0.6) is 5.75 Å². The summed E-state index contributed by atoms with van der Waals surface area (Å²) in [4.78, 5) is 2.48. The van der Waals surface area contributed by atoms with E-state index in [1.54, 1.807) is 7.11 Å². The van der Waals surface area contributed by atoms with Crippen LogP contribution in [0.1, 0.15) is 24.5 Å². The lowest BCUT2D eigenvalue weighted by Gasteiger charge is -2.31. The Labute approximate surface area is 142 Å². The van der Waals surface area contributed by atoms with Gasteiger partial charge in [0, 0.05) is 22.7 Å². The van der Waals surface area contributed by atoms with Gasteiger partial charge in [-0.3, -0.25) is 5.32 Å². The van der Waals surface area contributed by atoms with E-state index >= 15 is 0 Å². The Morgan fingerprint density at radius 3 is 2.78 bits per heavy atom. The van der Waals surface area contributed by atoms with Gasteiger partial charge in [0.05, 0.1) is 13.3 Å². The first-order valence-corrected chi connectivity index (χ1v) is 8.42. The van der Waals surface area contributed by atoms with E-state index in [2.05, 4.69) is 47.5 Å². The van der Waals surface area contributed by atoms with Crippen molar-refractivity contribution in [2.45, 2.75) is 31.5 Å². The summed E-state index contributed by atoms with van der Waals surface area (Å²) in [7, 11) is 1.73. The van der Waals surface area contributed by atoms with Crippen molar-refractivity contribution in [2.24, 2.45) is 0 Å². The normalized spacial score (nSPS) is 25.3. The van der Waals surface area contributed by atoms with Gasteiger partial charge in [-0.05, 0) is 54.4 Å². The SMILES string of the molecule is COc1ccc2c(c1)C1(C)CCNC1N2Cc1ccc(Cl)cc1. The molecule has 1 N–H and O–H groups in total. The summed E-state index contributed by atoms with van der Waals surface area (Å²) in [6.07, 6.45) is 1.48. The lowest BCUT2D eigenvalue weighted by molar-refractivity contribution is 0.404. The monoisotopic (exact) mass is 328 g/mol. The minimum absolute atomic E-state index is 0.135. The molecular weight excluding hydrogens is 308 g/mol. The molecule has 2 aromatic rings. The number of fused-ring (bicyclic) bond motifs is 3. The largest absolute Gasteiger partial charge is 0.497 e. The molecular formula is C19H21ClN2O. The average molecular weight is 329 g/mol. The van der Waals surface area contributed by atoms with Crippen molar-refractivity contribution in [1.82, 2.24) is 5.32 Å². The third kappa shape index (κ3) is 2.30. The maximum atomic E-state index is 6.01. The number of anilines is 1. The molecule has 2 heterocycles. The minimum atomic E-state index is 0.135. The van der Waals surface area contributed by atoms with Crippen molar-refractivity contribution >= 4 is 17.3 Å². The van der Waals surface area contributed by atoms with E-state index in [9.17, 15) is 0 Å². The Morgan fingerprint density at radius 2 is 2.04 bits per heavy atom. The second-order valence-corrected chi connectivity index (χ2v) is 7.10. The Hall–Kier alpha value is -1.71. The highest BCUT2D eigenvalue weighted by Gasteiger charge is 2.50. The summed E-state index contributed by atoms with van der Waals surface area (Å²) in [5, 5.41) is 4.47. The summed E-state index contributed by atoms with van der Waals surface area (Å²) < 4.78 is 5.45. The van der Waals surface area contributed by atoms with Gasteiger partial charge in [0.25, 0.3) is 0 Å². The van der Waals surface area contributed by atoms with Gasteiger partial charge in [-0.2, -0.15) is 0 Å². The molecule has 1 saturated heterocycles. The van der Waals surface area contributed by atoms with Crippen molar-refractivity contribution in [3.63, 3.8) is 0 Å². The van der Waals surface area contributed by atoms with Gasteiger partial charge < -0.3 is 9.64 Å². The molecule has 3 nitrogen and oxygen atoms in total. The van der Waals surface area contributed by atoms with E-state index in [1.807, 2.05) is 12.1 Å². The number of hydrogen-bond acceptors (Lipinski definition) is 3. The molecule has 0 amide bonds. The smallest absolute Gasteiger partial charge is 0.119 e. The molecule has 0 spiro atoms. The van der Waals surface area contributed by atoms with E-state index in [0.717, 1.165) is 30.3 Å².